The highest BCUT2D eigenvalue weighted by molar-refractivity contribution is 5.65. The summed E-state index contributed by atoms with van der Waals surface area (Å²) in [4.78, 5) is 11.6. The van der Waals surface area contributed by atoms with E-state index in [2.05, 4.69) is 36.4 Å². The maximum absolute atomic E-state index is 10.7. The highest BCUT2D eigenvalue weighted by Crippen LogP contribution is 2.41. The molecule has 1 saturated heterocycles. The molecule has 1 aromatic heterocycles. The van der Waals surface area contributed by atoms with Crippen LogP contribution >= 0.6 is 0 Å². The van der Waals surface area contributed by atoms with Crippen molar-refractivity contribution in [3.63, 3.8) is 0 Å². The largest absolute Gasteiger partial charge is 0.433 e. The van der Waals surface area contributed by atoms with Gasteiger partial charge in [-0.15, -0.1) is 0 Å². The fraction of sp³-hybridized carbons (Fsp3) is 0.333. The number of nitrogens with one attached hydrogen (secondary N) is 1. The summed E-state index contributed by atoms with van der Waals surface area (Å²) in [7, 11) is 0. The Kier molecular flexibility index (Phi) is 3.31. The second kappa shape index (κ2) is 5.35. The van der Waals surface area contributed by atoms with Gasteiger partial charge in [-0.25, -0.2) is 0 Å². The summed E-state index contributed by atoms with van der Waals surface area (Å²) < 4.78 is 5.29. The molecular weight excluding hydrogens is 292 g/mol. The van der Waals surface area contributed by atoms with Crippen LogP contribution in [-0.2, 0) is 12.0 Å². The number of fused-ring (bicyclic) bond motifs is 2. The minimum absolute atomic E-state index is 0.166. The molecule has 0 radical (unpaired) electrons. The molecule has 5 heteroatoms. The van der Waals surface area contributed by atoms with Gasteiger partial charge < -0.3 is 9.32 Å². The molecule has 1 N–H and O–H groups in total. The lowest BCUT2D eigenvalue weighted by molar-refractivity contribution is -0.920. The molecule has 0 bridgehead atoms. The fourth-order valence-electron chi connectivity index (χ4n) is 3.90. The predicted octanol–water partition coefficient (Wildman–Crippen LogP) is 2.33. The molecule has 2 heterocycles. The van der Waals surface area contributed by atoms with E-state index in [0.29, 0.717) is 5.76 Å². The maximum Gasteiger partial charge on any atom is 0.433 e. The summed E-state index contributed by atoms with van der Waals surface area (Å²) in [6, 6.07) is 11.8. The number of nitro groups is 1. The fourth-order valence-corrected chi connectivity index (χ4v) is 3.90. The second-order valence-electron chi connectivity index (χ2n) is 6.50. The summed E-state index contributed by atoms with van der Waals surface area (Å²) >= 11 is 0. The SMILES string of the molecule is O=[N+]([O-])c1ccc(C[NH+]2CCC3(C=Cc4ccccc43)CC2)o1. The highest BCUT2D eigenvalue weighted by Gasteiger charge is 2.39. The van der Waals surface area contributed by atoms with Crippen molar-refractivity contribution in [1.82, 2.24) is 0 Å². The van der Waals surface area contributed by atoms with Crippen molar-refractivity contribution in [3.05, 3.63) is 69.5 Å². The maximum atomic E-state index is 10.7. The zero-order valence-corrected chi connectivity index (χ0v) is 12.8. The lowest BCUT2D eigenvalue weighted by Gasteiger charge is -2.36. The van der Waals surface area contributed by atoms with E-state index in [4.69, 9.17) is 4.42 Å². The number of quaternary nitrogens is 1. The van der Waals surface area contributed by atoms with Crippen molar-refractivity contribution >= 4 is 12.0 Å². The third kappa shape index (κ3) is 2.47. The number of nitrogens with zero attached hydrogens (tertiary/aromatic N) is 1. The summed E-state index contributed by atoms with van der Waals surface area (Å²) in [5.74, 6) is 0.533. The smallest absolute Gasteiger partial charge is 0.400 e. The molecule has 1 spiro atoms. The molecule has 1 fully saturated rings. The minimum Gasteiger partial charge on any atom is -0.400 e. The first-order valence-electron chi connectivity index (χ1n) is 8.02. The number of rotatable bonds is 3. The van der Waals surface area contributed by atoms with Gasteiger partial charge in [0.15, 0.2) is 5.76 Å². The molecule has 0 atom stereocenters. The van der Waals surface area contributed by atoms with Crippen LogP contribution in [0.3, 0.4) is 0 Å². The topological polar surface area (TPSA) is 60.7 Å². The molecule has 4 rings (SSSR count). The van der Waals surface area contributed by atoms with Crippen LogP contribution in [0.5, 0.6) is 0 Å². The molecule has 1 aliphatic carbocycles. The number of furan rings is 1. The van der Waals surface area contributed by atoms with Crippen LogP contribution in [0.25, 0.3) is 6.08 Å². The molecule has 0 saturated carbocycles. The van der Waals surface area contributed by atoms with Gasteiger partial charge in [-0.05, 0) is 17.2 Å². The Labute approximate surface area is 134 Å². The zero-order valence-electron chi connectivity index (χ0n) is 12.8. The Morgan fingerprint density at radius 3 is 2.70 bits per heavy atom. The van der Waals surface area contributed by atoms with Gasteiger partial charge in [-0.1, -0.05) is 36.4 Å². The lowest BCUT2D eigenvalue weighted by Crippen LogP contribution is -3.12. The van der Waals surface area contributed by atoms with Gasteiger partial charge in [-0.2, -0.15) is 0 Å². The quantitative estimate of drug-likeness (QED) is 0.699. The monoisotopic (exact) mass is 311 g/mol. The van der Waals surface area contributed by atoms with Crippen LogP contribution in [0.4, 0.5) is 5.88 Å². The van der Waals surface area contributed by atoms with Crippen LogP contribution < -0.4 is 4.90 Å². The number of allylic oxidation sites excluding steroid dienone is 1. The Hall–Kier alpha value is -2.40. The highest BCUT2D eigenvalue weighted by atomic mass is 16.6. The van der Waals surface area contributed by atoms with Crippen molar-refractivity contribution in [2.24, 2.45) is 0 Å². The Balaban J connectivity index is 1.44. The van der Waals surface area contributed by atoms with E-state index in [1.54, 1.807) is 6.07 Å². The molecular formula is C18H19N2O3+. The van der Waals surface area contributed by atoms with E-state index >= 15 is 0 Å². The lowest BCUT2D eigenvalue weighted by atomic mass is 9.74. The zero-order chi connectivity index (χ0) is 15.9. The van der Waals surface area contributed by atoms with Gasteiger partial charge in [-0.3, -0.25) is 10.1 Å². The molecule has 2 aromatic rings. The van der Waals surface area contributed by atoms with Crippen LogP contribution in [0.1, 0.15) is 29.7 Å². The molecule has 0 unspecified atom stereocenters. The summed E-state index contributed by atoms with van der Waals surface area (Å²) in [6.07, 6.45) is 6.83. The molecule has 118 valence electrons. The molecule has 2 aliphatic rings. The van der Waals surface area contributed by atoms with Gasteiger partial charge in [0.2, 0.25) is 0 Å². The number of likely N-dealkylation sites (tertiary alicyclic amines) is 1. The molecule has 1 aromatic carbocycles. The van der Waals surface area contributed by atoms with Crippen molar-refractivity contribution in [3.8, 4) is 0 Å². The van der Waals surface area contributed by atoms with Crippen molar-refractivity contribution < 1.29 is 14.2 Å². The van der Waals surface area contributed by atoms with Gasteiger partial charge in [0.05, 0.1) is 19.2 Å². The van der Waals surface area contributed by atoms with Crippen molar-refractivity contribution in [2.75, 3.05) is 13.1 Å². The van der Waals surface area contributed by atoms with Crippen LogP contribution in [0.2, 0.25) is 0 Å². The normalized spacial score (nSPS) is 25.7. The first kappa shape index (κ1) is 14.2. The minimum atomic E-state index is -0.482. The molecule has 5 nitrogen and oxygen atoms in total. The van der Waals surface area contributed by atoms with Gasteiger partial charge in [0.1, 0.15) is 11.5 Å². The van der Waals surface area contributed by atoms with E-state index in [-0.39, 0.29) is 11.3 Å². The summed E-state index contributed by atoms with van der Waals surface area (Å²) in [6.45, 7) is 2.82. The van der Waals surface area contributed by atoms with E-state index in [1.807, 2.05) is 0 Å². The van der Waals surface area contributed by atoms with Crippen LogP contribution in [0.15, 0.2) is 46.9 Å². The van der Waals surface area contributed by atoms with Gasteiger partial charge >= 0.3 is 5.88 Å². The van der Waals surface area contributed by atoms with E-state index in [0.717, 1.165) is 32.5 Å². The summed E-state index contributed by atoms with van der Waals surface area (Å²) in [5, 5.41) is 10.7. The molecule has 0 amide bonds. The molecule has 23 heavy (non-hydrogen) atoms. The van der Waals surface area contributed by atoms with Crippen molar-refractivity contribution in [2.45, 2.75) is 24.8 Å². The third-order valence-electron chi connectivity index (χ3n) is 5.18. The average molecular weight is 311 g/mol. The van der Waals surface area contributed by atoms with E-state index in [1.165, 1.54) is 22.1 Å². The first-order chi connectivity index (χ1) is 11.2. The molecule has 1 aliphatic heterocycles. The first-order valence-corrected chi connectivity index (χ1v) is 8.02. The van der Waals surface area contributed by atoms with E-state index < -0.39 is 4.92 Å². The second-order valence-corrected chi connectivity index (χ2v) is 6.50. The standard InChI is InChI=1S/C18H18N2O3/c21-20(22)17-6-5-15(23-17)13-19-11-9-18(10-12-19)8-7-14-3-1-2-4-16(14)18/h1-8H,9-13H2/p+1. The van der Waals surface area contributed by atoms with Gasteiger partial charge in [0.25, 0.3) is 0 Å². The van der Waals surface area contributed by atoms with Crippen LogP contribution in [-0.4, -0.2) is 18.0 Å². The summed E-state index contributed by atoms with van der Waals surface area (Å²) in [5.41, 5.74) is 2.99. The number of hydrogen-bond donors (Lipinski definition) is 1. The predicted molar refractivity (Wildman–Crippen MR) is 86.2 cm³/mol. The van der Waals surface area contributed by atoms with Crippen molar-refractivity contribution in [1.29, 1.82) is 0 Å². The van der Waals surface area contributed by atoms with Crippen LogP contribution in [0, 0.1) is 10.1 Å². The Bertz CT molecular complexity index is 770. The van der Waals surface area contributed by atoms with Gasteiger partial charge in [0, 0.05) is 18.3 Å². The number of benzene rings is 1. The average Bonchev–Trinajstić information content (AvgIpc) is 3.16. The van der Waals surface area contributed by atoms with E-state index in [9.17, 15) is 10.1 Å². The third-order valence-corrected chi connectivity index (χ3v) is 5.18. The Morgan fingerprint density at radius 2 is 1.96 bits per heavy atom. The number of piperidine rings is 1. The Morgan fingerprint density at radius 1 is 1.17 bits per heavy atom. The number of hydrogen-bond acceptors (Lipinski definition) is 3.